The van der Waals surface area contributed by atoms with Crippen LogP contribution in [0.5, 0.6) is 0 Å². The van der Waals surface area contributed by atoms with Gasteiger partial charge in [0.25, 0.3) is 0 Å². The summed E-state index contributed by atoms with van der Waals surface area (Å²) in [6, 6.07) is 6.95. The number of halogens is 2. The number of nitrogens with one attached hydrogen (secondary N) is 2. The van der Waals surface area contributed by atoms with Gasteiger partial charge >= 0.3 is 6.03 Å². The number of carbonyl (C=O) groups excluding carboxylic acids is 1. The number of aromatic nitrogens is 3. The molecule has 30 heavy (non-hydrogen) atoms. The average Bonchev–Trinajstić information content (AvgIpc) is 3.17. The summed E-state index contributed by atoms with van der Waals surface area (Å²) in [5.41, 5.74) is 3.59. The minimum atomic E-state index is -0.583. The van der Waals surface area contributed by atoms with Crippen molar-refractivity contribution in [3.05, 3.63) is 70.0 Å². The van der Waals surface area contributed by atoms with Crippen LogP contribution in [0, 0.1) is 17.1 Å². The maximum atomic E-state index is 13.4. The zero-order valence-corrected chi connectivity index (χ0v) is 16.4. The molecule has 0 spiro atoms. The van der Waals surface area contributed by atoms with Crippen molar-refractivity contribution in [2.24, 2.45) is 0 Å². The van der Waals surface area contributed by atoms with Crippen LogP contribution in [-0.4, -0.2) is 27.8 Å². The van der Waals surface area contributed by atoms with E-state index in [-0.39, 0.29) is 11.6 Å². The quantitative estimate of drug-likeness (QED) is 0.660. The fraction of sp³-hybridized carbons (Fsp3) is 0.200. The SMILES string of the molecule is N#Cc1cncc(N(Cc2n[nH]c3c2COCC3)C(=O)Nc2ccc(F)c(Cl)c2)c1. The minimum Gasteiger partial charge on any atom is -0.376 e. The molecule has 0 atom stereocenters. The molecular weight excluding hydrogens is 411 g/mol. The Labute approximate surface area is 176 Å². The minimum absolute atomic E-state index is 0.106. The van der Waals surface area contributed by atoms with Crippen molar-refractivity contribution in [1.29, 1.82) is 5.26 Å². The number of nitriles is 1. The third-order valence-corrected chi connectivity index (χ3v) is 4.96. The first kappa shape index (κ1) is 19.8. The summed E-state index contributed by atoms with van der Waals surface area (Å²) in [4.78, 5) is 18.5. The Bertz CT molecular complexity index is 1140. The monoisotopic (exact) mass is 426 g/mol. The standard InChI is InChI=1S/C20H16ClFN6O2/c21-16-6-13(1-2-17(16)22)25-20(29)28(14-5-12(7-23)8-24-9-14)10-19-15-11-30-4-3-18(15)26-27-19/h1-2,5-6,8-9H,3-4,10-11H2,(H,25,29)(H,26,27). The molecular formula is C20H16ClFN6O2. The molecule has 1 aromatic carbocycles. The van der Waals surface area contributed by atoms with Gasteiger partial charge in [-0.1, -0.05) is 11.6 Å². The second-order valence-corrected chi connectivity index (χ2v) is 7.03. The maximum absolute atomic E-state index is 13.4. The lowest BCUT2D eigenvalue weighted by Crippen LogP contribution is -2.35. The third-order valence-electron chi connectivity index (χ3n) is 4.67. The molecule has 4 rings (SSSR count). The number of pyridine rings is 1. The van der Waals surface area contributed by atoms with E-state index in [0.717, 1.165) is 11.3 Å². The van der Waals surface area contributed by atoms with E-state index < -0.39 is 11.8 Å². The smallest absolute Gasteiger partial charge is 0.326 e. The van der Waals surface area contributed by atoms with Crippen molar-refractivity contribution in [3.8, 4) is 6.07 Å². The maximum Gasteiger partial charge on any atom is 0.326 e. The summed E-state index contributed by atoms with van der Waals surface area (Å²) < 4.78 is 19.0. The lowest BCUT2D eigenvalue weighted by Gasteiger charge is -2.23. The molecule has 0 bridgehead atoms. The molecule has 1 aliphatic heterocycles. The highest BCUT2D eigenvalue weighted by Crippen LogP contribution is 2.25. The number of H-pyrrole nitrogens is 1. The van der Waals surface area contributed by atoms with Crippen LogP contribution in [0.4, 0.5) is 20.6 Å². The van der Waals surface area contributed by atoms with E-state index >= 15 is 0 Å². The molecule has 152 valence electrons. The van der Waals surface area contributed by atoms with Crippen LogP contribution in [0.15, 0.2) is 36.7 Å². The summed E-state index contributed by atoms with van der Waals surface area (Å²) in [5, 5.41) is 19.1. The lowest BCUT2D eigenvalue weighted by atomic mass is 10.1. The van der Waals surface area contributed by atoms with Gasteiger partial charge in [-0.05, 0) is 24.3 Å². The highest BCUT2D eigenvalue weighted by atomic mass is 35.5. The van der Waals surface area contributed by atoms with Gasteiger partial charge in [-0.15, -0.1) is 0 Å². The van der Waals surface area contributed by atoms with Gasteiger partial charge < -0.3 is 10.1 Å². The largest absolute Gasteiger partial charge is 0.376 e. The van der Waals surface area contributed by atoms with Crippen LogP contribution in [0.25, 0.3) is 0 Å². The molecule has 0 fully saturated rings. The first-order valence-corrected chi connectivity index (χ1v) is 9.44. The van der Waals surface area contributed by atoms with Crippen molar-refractivity contribution in [2.75, 3.05) is 16.8 Å². The number of benzene rings is 1. The van der Waals surface area contributed by atoms with Gasteiger partial charge in [-0.2, -0.15) is 10.4 Å². The number of fused-ring (bicyclic) bond motifs is 1. The first-order chi connectivity index (χ1) is 14.5. The average molecular weight is 427 g/mol. The van der Waals surface area contributed by atoms with Crippen LogP contribution < -0.4 is 10.2 Å². The Balaban J connectivity index is 1.66. The number of nitrogens with zero attached hydrogens (tertiary/aromatic N) is 4. The number of hydrogen-bond donors (Lipinski definition) is 2. The Morgan fingerprint density at radius 2 is 2.27 bits per heavy atom. The molecule has 0 saturated heterocycles. The zero-order valence-electron chi connectivity index (χ0n) is 15.7. The van der Waals surface area contributed by atoms with Crippen LogP contribution in [0.1, 0.15) is 22.5 Å². The van der Waals surface area contributed by atoms with Crippen molar-refractivity contribution in [2.45, 2.75) is 19.6 Å². The molecule has 2 aromatic heterocycles. The zero-order chi connectivity index (χ0) is 21.1. The molecule has 0 saturated carbocycles. The number of anilines is 2. The molecule has 3 aromatic rings. The summed E-state index contributed by atoms with van der Waals surface area (Å²) >= 11 is 5.81. The fourth-order valence-corrected chi connectivity index (χ4v) is 3.31. The van der Waals surface area contributed by atoms with Crippen molar-refractivity contribution >= 4 is 29.0 Å². The van der Waals surface area contributed by atoms with E-state index in [4.69, 9.17) is 16.3 Å². The third kappa shape index (κ3) is 4.10. The lowest BCUT2D eigenvalue weighted by molar-refractivity contribution is 0.109. The van der Waals surface area contributed by atoms with Gasteiger partial charge in [0.15, 0.2) is 0 Å². The number of hydrogen-bond acceptors (Lipinski definition) is 5. The van der Waals surface area contributed by atoms with Gasteiger partial charge in [0.1, 0.15) is 11.9 Å². The molecule has 0 aliphatic carbocycles. The first-order valence-electron chi connectivity index (χ1n) is 9.06. The van der Waals surface area contributed by atoms with Crippen LogP contribution in [0.3, 0.4) is 0 Å². The Morgan fingerprint density at radius 1 is 1.40 bits per heavy atom. The highest BCUT2D eigenvalue weighted by molar-refractivity contribution is 6.31. The van der Waals surface area contributed by atoms with Crippen LogP contribution >= 0.6 is 11.6 Å². The van der Waals surface area contributed by atoms with E-state index in [2.05, 4.69) is 20.5 Å². The summed E-state index contributed by atoms with van der Waals surface area (Å²) in [7, 11) is 0. The molecule has 1 aliphatic rings. The van der Waals surface area contributed by atoms with Gasteiger partial charge in [-0.3, -0.25) is 15.0 Å². The molecule has 10 heteroatoms. The highest BCUT2D eigenvalue weighted by Gasteiger charge is 2.24. The van der Waals surface area contributed by atoms with E-state index in [0.29, 0.717) is 42.3 Å². The number of ether oxygens (including phenoxy) is 1. The van der Waals surface area contributed by atoms with Gasteiger partial charge in [0, 0.05) is 29.6 Å². The van der Waals surface area contributed by atoms with Crippen molar-refractivity contribution < 1.29 is 13.9 Å². The second kappa shape index (κ2) is 8.49. The molecule has 2 N–H and O–H groups in total. The Hall–Kier alpha value is -3.48. The molecule has 0 unspecified atom stereocenters. The van der Waals surface area contributed by atoms with Gasteiger partial charge in [0.05, 0.1) is 47.9 Å². The van der Waals surface area contributed by atoms with E-state index in [1.165, 1.54) is 35.5 Å². The van der Waals surface area contributed by atoms with E-state index in [1.807, 2.05) is 6.07 Å². The molecule has 2 amide bonds. The van der Waals surface area contributed by atoms with E-state index in [1.54, 1.807) is 6.07 Å². The molecule has 0 radical (unpaired) electrons. The van der Waals surface area contributed by atoms with Crippen molar-refractivity contribution in [1.82, 2.24) is 15.2 Å². The Morgan fingerprint density at radius 3 is 3.07 bits per heavy atom. The Kier molecular flexibility index (Phi) is 5.61. The van der Waals surface area contributed by atoms with Crippen LogP contribution in [-0.2, 0) is 24.3 Å². The topological polar surface area (TPSA) is 107 Å². The predicted octanol–water partition coefficient (Wildman–Crippen LogP) is 3.78. The number of aromatic amines is 1. The van der Waals surface area contributed by atoms with Gasteiger partial charge in [-0.25, -0.2) is 9.18 Å². The molecule has 8 nitrogen and oxygen atoms in total. The summed E-state index contributed by atoms with van der Waals surface area (Å²) in [6.07, 6.45) is 3.60. The number of rotatable bonds is 4. The molecule has 3 heterocycles. The summed E-state index contributed by atoms with van der Waals surface area (Å²) in [5.74, 6) is -0.583. The normalized spacial score (nSPS) is 12.7. The van der Waals surface area contributed by atoms with E-state index in [9.17, 15) is 14.4 Å². The van der Waals surface area contributed by atoms with Crippen molar-refractivity contribution in [3.63, 3.8) is 0 Å². The number of amides is 2. The predicted molar refractivity (Wildman–Crippen MR) is 108 cm³/mol. The second-order valence-electron chi connectivity index (χ2n) is 6.62. The van der Waals surface area contributed by atoms with Gasteiger partial charge in [0.2, 0.25) is 0 Å². The number of carbonyl (C=O) groups is 1. The number of urea groups is 1. The fourth-order valence-electron chi connectivity index (χ4n) is 3.13. The van der Waals surface area contributed by atoms with Crippen LogP contribution in [0.2, 0.25) is 5.02 Å². The summed E-state index contributed by atoms with van der Waals surface area (Å²) in [6.45, 7) is 1.13.